The molecule has 0 aliphatic carbocycles. The van der Waals surface area contributed by atoms with Crippen molar-refractivity contribution < 1.29 is 4.39 Å². The second kappa shape index (κ2) is 6.43. The largest absolute Gasteiger partial charge is 0.368 e. The first-order valence-electron chi connectivity index (χ1n) is 4.82. The molecule has 0 aliphatic heterocycles. The van der Waals surface area contributed by atoms with Gasteiger partial charge < -0.3 is 5.32 Å². The fraction of sp³-hybridized carbons (Fsp3) is 0.500. The fourth-order valence-corrected chi connectivity index (χ4v) is 1.63. The third kappa shape index (κ3) is 4.47. The van der Waals surface area contributed by atoms with E-state index in [9.17, 15) is 4.39 Å². The molecule has 0 spiro atoms. The molecule has 0 fully saturated rings. The van der Waals surface area contributed by atoms with Gasteiger partial charge in [0.2, 0.25) is 0 Å². The van der Waals surface area contributed by atoms with Gasteiger partial charge in [0.05, 0.1) is 0 Å². The first-order chi connectivity index (χ1) is 7.13. The molecule has 0 radical (unpaired) electrons. The Kier molecular flexibility index (Phi) is 5.53. The SMILES string of the molecule is CCC(Br)CCNc1ncc(Br)cc1F. The number of halogens is 3. The molecule has 0 bridgehead atoms. The van der Waals surface area contributed by atoms with Gasteiger partial charge in [-0.25, -0.2) is 9.37 Å². The lowest BCUT2D eigenvalue weighted by molar-refractivity contribution is 0.622. The fourth-order valence-electron chi connectivity index (χ4n) is 1.10. The first-order valence-corrected chi connectivity index (χ1v) is 6.53. The van der Waals surface area contributed by atoms with Crippen molar-refractivity contribution in [3.05, 3.63) is 22.6 Å². The van der Waals surface area contributed by atoms with Crippen molar-refractivity contribution in [1.29, 1.82) is 0 Å². The molecule has 0 aromatic carbocycles. The van der Waals surface area contributed by atoms with Gasteiger partial charge in [0.15, 0.2) is 11.6 Å². The van der Waals surface area contributed by atoms with Crippen molar-refractivity contribution in [2.45, 2.75) is 24.6 Å². The summed E-state index contributed by atoms with van der Waals surface area (Å²) in [5, 5.41) is 2.97. The first kappa shape index (κ1) is 12.9. The number of alkyl halides is 1. The minimum Gasteiger partial charge on any atom is -0.368 e. The van der Waals surface area contributed by atoms with E-state index in [-0.39, 0.29) is 5.82 Å². The lowest BCUT2D eigenvalue weighted by Crippen LogP contribution is -2.09. The number of anilines is 1. The summed E-state index contributed by atoms with van der Waals surface area (Å²) in [5.74, 6) is -0.0130. The van der Waals surface area contributed by atoms with Crippen LogP contribution in [0.15, 0.2) is 16.7 Å². The van der Waals surface area contributed by atoms with Crippen molar-refractivity contribution in [2.24, 2.45) is 0 Å². The quantitative estimate of drug-likeness (QED) is 0.821. The minimum atomic E-state index is -0.327. The Morgan fingerprint density at radius 3 is 2.93 bits per heavy atom. The maximum atomic E-state index is 13.3. The summed E-state index contributed by atoms with van der Waals surface area (Å²) in [7, 11) is 0. The van der Waals surface area contributed by atoms with Gasteiger partial charge in [0.25, 0.3) is 0 Å². The van der Waals surface area contributed by atoms with Gasteiger partial charge in [-0.1, -0.05) is 22.9 Å². The molecule has 1 aromatic heterocycles. The average Bonchev–Trinajstić information content (AvgIpc) is 2.21. The molecule has 0 aliphatic rings. The highest BCUT2D eigenvalue weighted by Gasteiger charge is 2.05. The maximum absolute atomic E-state index is 13.3. The van der Waals surface area contributed by atoms with Crippen LogP contribution in [0.2, 0.25) is 0 Å². The van der Waals surface area contributed by atoms with Crippen LogP contribution in [-0.2, 0) is 0 Å². The van der Waals surface area contributed by atoms with E-state index in [1.165, 1.54) is 6.07 Å². The van der Waals surface area contributed by atoms with Crippen LogP contribution in [0.3, 0.4) is 0 Å². The number of pyridine rings is 1. The summed E-state index contributed by atoms with van der Waals surface area (Å²) in [6.45, 7) is 2.83. The van der Waals surface area contributed by atoms with Crippen LogP contribution in [0, 0.1) is 5.82 Å². The molecular formula is C10H13Br2FN2. The standard InChI is InChI=1S/C10H13Br2FN2/c1-2-7(11)3-4-14-10-9(13)5-8(12)6-15-10/h5-7H,2-4H2,1H3,(H,14,15). The van der Waals surface area contributed by atoms with Gasteiger partial charge in [-0.15, -0.1) is 0 Å². The number of rotatable bonds is 5. The summed E-state index contributed by atoms with van der Waals surface area (Å²) in [4.78, 5) is 4.43. The molecule has 2 nitrogen and oxygen atoms in total. The van der Waals surface area contributed by atoms with Crippen molar-refractivity contribution in [1.82, 2.24) is 4.98 Å². The van der Waals surface area contributed by atoms with Gasteiger partial charge in [-0.2, -0.15) is 0 Å². The van der Waals surface area contributed by atoms with Gasteiger partial charge in [0.1, 0.15) is 0 Å². The van der Waals surface area contributed by atoms with E-state index in [2.05, 4.69) is 49.1 Å². The van der Waals surface area contributed by atoms with Crippen LogP contribution in [0.1, 0.15) is 19.8 Å². The van der Waals surface area contributed by atoms with Gasteiger partial charge >= 0.3 is 0 Å². The highest BCUT2D eigenvalue weighted by molar-refractivity contribution is 9.10. The van der Waals surface area contributed by atoms with Crippen LogP contribution in [-0.4, -0.2) is 16.4 Å². The van der Waals surface area contributed by atoms with Crippen LogP contribution in [0.5, 0.6) is 0 Å². The zero-order chi connectivity index (χ0) is 11.3. The average molecular weight is 340 g/mol. The second-order valence-electron chi connectivity index (χ2n) is 3.20. The smallest absolute Gasteiger partial charge is 0.166 e. The summed E-state index contributed by atoms with van der Waals surface area (Å²) in [6, 6.07) is 1.40. The highest BCUT2D eigenvalue weighted by atomic mass is 79.9. The van der Waals surface area contributed by atoms with E-state index in [0.29, 0.717) is 15.1 Å². The Labute approximate surface area is 106 Å². The summed E-state index contributed by atoms with van der Waals surface area (Å²) in [5.41, 5.74) is 0. The number of nitrogens with one attached hydrogen (secondary N) is 1. The monoisotopic (exact) mass is 338 g/mol. The Bertz CT molecular complexity index is 320. The van der Waals surface area contributed by atoms with Crippen LogP contribution < -0.4 is 5.32 Å². The van der Waals surface area contributed by atoms with Gasteiger partial charge in [-0.05, 0) is 34.8 Å². The normalized spacial score (nSPS) is 12.5. The van der Waals surface area contributed by atoms with E-state index in [4.69, 9.17) is 0 Å². The predicted octanol–water partition coefficient (Wildman–Crippen LogP) is 3.96. The molecule has 1 unspecified atom stereocenters. The number of hydrogen-bond acceptors (Lipinski definition) is 2. The molecule has 84 valence electrons. The van der Waals surface area contributed by atoms with Crippen LogP contribution in [0.25, 0.3) is 0 Å². The van der Waals surface area contributed by atoms with Gasteiger partial charge in [0, 0.05) is 22.0 Å². The van der Waals surface area contributed by atoms with E-state index >= 15 is 0 Å². The van der Waals surface area contributed by atoms with Crippen molar-refractivity contribution in [3.8, 4) is 0 Å². The van der Waals surface area contributed by atoms with E-state index in [1.54, 1.807) is 6.20 Å². The predicted molar refractivity (Wildman–Crippen MR) is 68.0 cm³/mol. The molecule has 1 rings (SSSR count). The Morgan fingerprint density at radius 2 is 2.33 bits per heavy atom. The third-order valence-corrected chi connectivity index (χ3v) is 3.54. The van der Waals surface area contributed by atoms with E-state index < -0.39 is 0 Å². The molecule has 1 atom stereocenters. The second-order valence-corrected chi connectivity index (χ2v) is 5.42. The molecule has 15 heavy (non-hydrogen) atoms. The van der Waals surface area contributed by atoms with Crippen LogP contribution >= 0.6 is 31.9 Å². The lowest BCUT2D eigenvalue weighted by atomic mass is 10.2. The lowest BCUT2D eigenvalue weighted by Gasteiger charge is -2.09. The highest BCUT2D eigenvalue weighted by Crippen LogP contribution is 2.16. The van der Waals surface area contributed by atoms with Crippen LogP contribution in [0.4, 0.5) is 10.2 Å². The van der Waals surface area contributed by atoms with Crippen molar-refractivity contribution >= 4 is 37.7 Å². The van der Waals surface area contributed by atoms with Crippen molar-refractivity contribution in [2.75, 3.05) is 11.9 Å². The summed E-state index contributed by atoms with van der Waals surface area (Å²) >= 11 is 6.68. The topological polar surface area (TPSA) is 24.9 Å². The van der Waals surface area contributed by atoms with E-state index in [0.717, 1.165) is 19.4 Å². The Hall–Kier alpha value is -0.160. The number of hydrogen-bond donors (Lipinski definition) is 1. The zero-order valence-corrected chi connectivity index (χ0v) is 11.6. The molecule has 5 heteroatoms. The molecule has 1 N–H and O–H groups in total. The molecule has 1 aromatic rings. The molecule has 0 saturated heterocycles. The molecule has 1 heterocycles. The minimum absolute atomic E-state index is 0.314. The van der Waals surface area contributed by atoms with Crippen molar-refractivity contribution in [3.63, 3.8) is 0 Å². The Balaban J connectivity index is 2.44. The zero-order valence-electron chi connectivity index (χ0n) is 8.43. The number of aromatic nitrogens is 1. The number of nitrogens with zero attached hydrogens (tertiary/aromatic N) is 1. The molecular weight excluding hydrogens is 327 g/mol. The Morgan fingerprint density at radius 1 is 1.60 bits per heavy atom. The third-order valence-electron chi connectivity index (χ3n) is 2.00. The van der Waals surface area contributed by atoms with Gasteiger partial charge in [-0.3, -0.25) is 0 Å². The summed E-state index contributed by atoms with van der Waals surface area (Å²) in [6.07, 6.45) is 3.60. The summed E-state index contributed by atoms with van der Waals surface area (Å²) < 4.78 is 13.9. The van der Waals surface area contributed by atoms with E-state index in [1.807, 2.05) is 0 Å². The maximum Gasteiger partial charge on any atom is 0.166 e. The molecule has 0 amide bonds. The molecule has 0 saturated carbocycles.